The fourth-order valence-electron chi connectivity index (χ4n) is 2.87. The van der Waals surface area contributed by atoms with E-state index in [9.17, 15) is 17.2 Å². The molecular weight excluding hydrogens is 340 g/mol. The third-order valence-electron chi connectivity index (χ3n) is 4.26. The summed E-state index contributed by atoms with van der Waals surface area (Å²) in [6, 6.07) is 6.38. The van der Waals surface area contributed by atoms with Gasteiger partial charge in [-0.2, -0.15) is 9.29 Å². The van der Waals surface area contributed by atoms with Gasteiger partial charge in [-0.15, -0.1) is 0 Å². The van der Waals surface area contributed by atoms with E-state index >= 15 is 0 Å². The average Bonchev–Trinajstić information content (AvgIpc) is 3.18. The van der Waals surface area contributed by atoms with Crippen LogP contribution in [-0.4, -0.2) is 35.3 Å². The number of benzene rings is 1. The molecule has 0 unspecified atom stereocenters. The highest BCUT2D eigenvalue weighted by Gasteiger charge is 2.53. The molecule has 6 nitrogen and oxygen atoms in total. The maximum atomic E-state index is 14.0. The van der Waals surface area contributed by atoms with Crippen molar-refractivity contribution in [3.63, 3.8) is 0 Å². The van der Waals surface area contributed by atoms with E-state index in [-0.39, 0.29) is 16.7 Å². The third kappa shape index (κ3) is 2.71. The van der Waals surface area contributed by atoms with Crippen molar-refractivity contribution in [2.75, 3.05) is 6.54 Å². The van der Waals surface area contributed by atoms with E-state index in [1.807, 2.05) is 0 Å². The van der Waals surface area contributed by atoms with Gasteiger partial charge in [-0.3, -0.25) is 0 Å². The number of hydrogen-bond acceptors (Lipinski definition) is 5. The van der Waals surface area contributed by atoms with E-state index in [1.165, 1.54) is 12.1 Å². The van der Waals surface area contributed by atoms with E-state index < -0.39 is 35.0 Å². The maximum absolute atomic E-state index is 14.0. The zero-order valence-corrected chi connectivity index (χ0v) is 13.4. The van der Waals surface area contributed by atoms with Gasteiger partial charge in [0.05, 0.1) is 11.4 Å². The van der Waals surface area contributed by atoms with Gasteiger partial charge in [-0.25, -0.2) is 17.2 Å². The van der Waals surface area contributed by atoms with Crippen molar-refractivity contribution in [2.45, 2.75) is 42.0 Å². The fraction of sp³-hybridized carbons (Fsp3) is 0.467. The monoisotopic (exact) mass is 355 g/mol. The lowest BCUT2D eigenvalue weighted by Crippen LogP contribution is -2.33. The molecule has 0 bridgehead atoms. The van der Waals surface area contributed by atoms with E-state index in [0.29, 0.717) is 5.82 Å². The standard InChI is InChI=1S/C15H15F2N3O3S/c16-15(17)8-12(14-18-13(19-23-14)10-6-7-10)20(9-15)24(21,22)11-4-2-1-3-5-11/h1-5,10,12H,6-9H2/t12-/m0/s1. The zero-order chi connectivity index (χ0) is 16.9. The first-order chi connectivity index (χ1) is 11.4. The summed E-state index contributed by atoms with van der Waals surface area (Å²) in [5.41, 5.74) is 0. The lowest BCUT2D eigenvalue weighted by Gasteiger charge is -2.20. The Bertz CT molecular complexity index is 850. The second-order valence-corrected chi connectivity index (χ2v) is 8.09. The molecule has 2 fully saturated rings. The molecule has 2 heterocycles. The molecule has 2 aliphatic rings. The van der Waals surface area contributed by atoms with Crippen molar-refractivity contribution in [1.29, 1.82) is 0 Å². The molecule has 1 atom stereocenters. The number of alkyl halides is 2. The molecule has 0 N–H and O–H groups in total. The molecule has 24 heavy (non-hydrogen) atoms. The van der Waals surface area contributed by atoms with Crippen LogP contribution in [0.4, 0.5) is 8.78 Å². The van der Waals surface area contributed by atoms with Gasteiger partial charge in [0.2, 0.25) is 15.9 Å². The second kappa shape index (κ2) is 5.32. The summed E-state index contributed by atoms with van der Waals surface area (Å²) >= 11 is 0. The highest BCUT2D eigenvalue weighted by Crippen LogP contribution is 2.45. The second-order valence-electron chi connectivity index (χ2n) is 6.20. The average molecular weight is 355 g/mol. The van der Waals surface area contributed by atoms with Crippen molar-refractivity contribution in [1.82, 2.24) is 14.4 Å². The summed E-state index contributed by atoms with van der Waals surface area (Å²) in [6.45, 7) is -0.893. The van der Waals surface area contributed by atoms with Crippen LogP contribution in [0.25, 0.3) is 0 Å². The molecule has 1 saturated carbocycles. The quantitative estimate of drug-likeness (QED) is 0.843. The molecule has 2 aromatic rings. The Morgan fingerprint density at radius 2 is 1.92 bits per heavy atom. The van der Waals surface area contributed by atoms with Gasteiger partial charge in [0.15, 0.2) is 5.82 Å². The summed E-state index contributed by atoms with van der Waals surface area (Å²) in [7, 11) is -4.08. The van der Waals surface area contributed by atoms with Crippen LogP contribution < -0.4 is 0 Å². The van der Waals surface area contributed by atoms with Gasteiger partial charge >= 0.3 is 0 Å². The number of halogens is 2. The van der Waals surface area contributed by atoms with E-state index in [1.54, 1.807) is 18.2 Å². The lowest BCUT2D eigenvalue weighted by molar-refractivity contribution is 0.0166. The van der Waals surface area contributed by atoms with Crippen LogP contribution in [0.15, 0.2) is 39.8 Å². The van der Waals surface area contributed by atoms with E-state index in [0.717, 1.165) is 17.1 Å². The molecular formula is C15H15F2N3O3S. The van der Waals surface area contributed by atoms with Crippen molar-refractivity contribution >= 4 is 10.0 Å². The Kier molecular flexibility index (Phi) is 3.47. The highest BCUT2D eigenvalue weighted by molar-refractivity contribution is 7.89. The number of rotatable bonds is 4. The van der Waals surface area contributed by atoms with Crippen LogP contribution in [-0.2, 0) is 10.0 Å². The predicted octanol–water partition coefficient (Wildman–Crippen LogP) is 2.72. The van der Waals surface area contributed by atoms with Gasteiger partial charge in [-0.1, -0.05) is 23.4 Å². The molecule has 128 valence electrons. The Labute approximate surface area is 137 Å². The van der Waals surface area contributed by atoms with Crippen LogP contribution in [0.1, 0.15) is 42.9 Å². The number of sulfonamides is 1. The molecule has 0 spiro atoms. The van der Waals surface area contributed by atoms with Crippen LogP contribution in [0.2, 0.25) is 0 Å². The van der Waals surface area contributed by atoms with Crippen LogP contribution in [0, 0.1) is 0 Å². The number of aromatic nitrogens is 2. The van der Waals surface area contributed by atoms with Crippen molar-refractivity contribution < 1.29 is 21.7 Å². The maximum Gasteiger partial charge on any atom is 0.263 e. The first-order valence-electron chi connectivity index (χ1n) is 7.65. The SMILES string of the molecule is O=S(=O)(c1ccccc1)N1CC(F)(F)C[C@H]1c1nc(C2CC2)no1. The summed E-state index contributed by atoms with van der Waals surface area (Å²) in [4.78, 5) is 4.13. The topological polar surface area (TPSA) is 76.3 Å². The Balaban J connectivity index is 1.71. The van der Waals surface area contributed by atoms with Crippen LogP contribution in [0.3, 0.4) is 0 Å². The fourth-order valence-corrected chi connectivity index (χ4v) is 4.50. The summed E-state index contributed by atoms with van der Waals surface area (Å²) < 4.78 is 59.3. The van der Waals surface area contributed by atoms with Crippen molar-refractivity contribution in [3.8, 4) is 0 Å². The molecule has 1 aliphatic carbocycles. The van der Waals surface area contributed by atoms with Gasteiger partial charge in [-0.05, 0) is 25.0 Å². The molecule has 1 saturated heterocycles. The molecule has 1 aliphatic heterocycles. The predicted molar refractivity (Wildman–Crippen MR) is 78.9 cm³/mol. The summed E-state index contributed by atoms with van der Waals surface area (Å²) in [6.07, 6.45) is 1.21. The first kappa shape index (κ1) is 15.6. The molecule has 9 heteroatoms. The first-order valence-corrected chi connectivity index (χ1v) is 9.09. The van der Waals surface area contributed by atoms with Crippen LogP contribution >= 0.6 is 0 Å². The van der Waals surface area contributed by atoms with Crippen molar-refractivity contribution in [2.24, 2.45) is 0 Å². The zero-order valence-electron chi connectivity index (χ0n) is 12.6. The van der Waals surface area contributed by atoms with Gasteiger partial charge in [0, 0.05) is 12.3 Å². The number of hydrogen-bond donors (Lipinski definition) is 0. The van der Waals surface area contributed by atoms with Crippen molar-refractivity contribution in [3.05, 3.63) is 42.0 Å². The lowest BCUT2D eigenvalue weighted by atomic mass is 10.2. The Morgan fingerprint density at radius 3 is 2.58 bits per heavy atom. The minimum Gasteiger partial charge on any atom is -0.338 e. The number of nitrogens with zero attached hydrogens (tertiary/aromatic N) is 3. The normalized spacial score (nSPS) is 24.3. The molecule has 1 aromatic heterocycles. The molecule has 0 amide bonds. The Morgan fingerprint density at radius 1 is 1.21 bits per heavy atom. The van der Waals surface area contributed by atoms with E-state index in [4.69, 9.17) is 4.52 Å². The minimum atomic E-state index is -4.08. The largest absolute Gasteiger partial charge is 0.338 e. The highest BCUT2D eigenvalue weighted by atomic mass is 32.2. The molecule has 4 rings (SSSR count). The summed E-state index contributed by atoms with van der Waals surface area (Å²) in [5.74, 6) is -2.53. The smallest absolute Gasteiger partial charge is 0.263 e. The van der Waals surface area contributed by atoms with Crippen LogP contribution in [0.5, 0.6) is 0 Å². The Hall–Kier alpha value is -1.87. The van der Waals surface area contributed by atoms with Gasteiger partial charge in [0.25, 0.3) is 5.92 Å². The van der Waals surface area contributed by atoms with Gasteiger partial charge in [0.1, 0.15) is 6.04 Å². The van der Waals surface area contributed by atoms with E-state index in [2.05, 4.69) is 10.1 Å². The minimum absolute atomic E-state index is 0.0327. The summed E-state index contributed by atoms with van der Waals surface area (Å²) in [5, 5.41) is 3.81. The molecule has 0 radical (unpaired) electrons. The third-order valence-corrected chi connectivity index (χ3v) is 6.13. The molecule has 1 aromatic carbocycles. The van der Waals surface area contributed by atoms with Gasteiger partial charge < -0.3 is 4.52 Å².